The maximum absolute atomic E-state index is 13.4. The van der Waals surface area contributed by atoms with E-state index in [2.05, 4.69) is 25.9 Å². The van der Waals surface area contributed by atoms with Gasteiger partial charge in [-0.2, -0.15) is 4.98 Å². The number of hydrogen-bond acceptors (Lipinski definition) is 4. The summed E-state index contributed by atoms with van der Waals surface area (Å²) < 4.78 is 19.2. The normalized spacial score (nSPS) is 10.1. The molecule has 0 spiro atoms. The van der Waals surface area contributed by atoms with Crippen LogP contribution in [-0.2, 0) is 0 Å². The molecule has 0 aliphatic carbocycles. The third kappa shape index (κ3) is 2.46. The van der Waals surface area contributed by atoms with E-state index in [0.717, 1.165) is 0 Å². The van der Waals surface area contributed by atoms with Crippen LogP contribution < -0.4 is 10.5 Å². The standard InChI is InChI=1S/C10H7BrFN3O/c11-6-1-2-8(7(12)3-6)16-10-5-14-4-9(13)15-10/h1-5H,(H2,13,15). The van der Waals surface area contributed by atoms with Crippen LogP contribution in [0.4, 0.5) is 10.2 Å². The first-order valence-electron chi connectivity index (χ1n) is 4.35. The predicted molar refractivity (Wildman–Crippen MR) is 60.6 cm³/mol. The van der Waals surface area contributed by atoms with Gasteiger partial charge in [-0.05, 0) is 18.2 Å². The van der Waals surface area contributed by atoms with Gasteiger partial charge in [0, 0.05) is 4.47 Å². The smallest absolute Gasteiger partial charge is 0.239 e. The lowest BCUT2D eigenvalue weighted by atomic mass is 10.3. The Morgan fingerprint density at radius 1 is 1.31 bits per heavy atom. The van der Waals surface area contributed by atoms with E-state index in [4.69, 9.17) is 10.5 Å². The fraction of sp³-hybridized carbons (Fsp3) is 0. The second-order valence-corrected chi connectivity index (χ2v) is 3.87. The largest absolute Gasteiger partial charge is 0.434 e. The Morgan fingerprint density at radius 3 is 2.81 bits per heavy atom. The fourth-order valence-corrected chi connectivity index (χ4v) is 1.42. The van der Waals surface area contributed by atoms with Gasteiger partial charge >= 0.3 is 0 Å². The maximum atomic E-state index is 13.4. The van der Waals surface area contributed by atoms with Gasteiger partial charge < -0.3 is 10.5 Å². The molecule has 0 radical (unpaired) electrons. The molecule has 0 unspecified atom stereocenters. The summed E-state index contributed by atoms with van der Waals surface area (Å²) in [5.74, 6) is -0.0436. The van der Waals surface area contributed by atoms with Gasteiger partial charge in [0.2, 0.25) is 5.88 Å². The summed E-state index contributed by atoms with van der Waals surface area (Å²) in [5, 5.41) is 0. The fourth-order valence-electron chi connectivity index (χ4n) is 1.08. The predicted octanol–water partition coefficient (Wildman–Crippen LogP) is 2.75. The highest BCUT2D eigenvalue weighted by atomic mass is 79.9. The summed E-state index contributed by atoms with van der Waals surface area (Å²) in [7, 11) is 0. The zero-order chi connectivity index (χ0) is 11.5. The Balaban J connectivity index is 2.27. The highest BCUT2D eigenvalue weighted by Gasteiger charge is 2.06. The molecule has 0 amide bonds. The van der Waals surface area contributed by atoms with Crippen LogP contribution in [0.25, 0.3) is 0 Å². The molecule has 1 aromatic heterocycles. The van der Waals surface area contributed by atoms with Crippen molar-refractivity contribution in [1.82, 2.24) is 9.97 Å². The molecule has 1 heterocycles. The van der Waals surface area contributed by atoms with Crippen LogP contribution in [0, 0.1) is 5.82 Å². The lowest BCUT2D eigenvalue weighted by Gasteiger charge is -2.05. The first kappa shape index (κ1) is 10.8. The van der Waals surface area contributed by atoms with E-state index in [0.29, 0.717) is 4.47 Å². The average Bonchev–Trinajstić information content (AvgIpc) is 2.22. The molecule has 0 atom stereocenters. The molecule has 0 saturated carbocycles. The molecule has 2 aromatic rings. The Hall–Kier alpha value is -1.69. The summed E-state index contributed by atoms with van der Waals surface area (Å²) in [4.78, 5) is 7.63. The first-order valence-corrected chi connectivity index (χ1v) is 5.15. The molecular formula is C10H7BrFN3O. The number of anilines is 1. The van der Waals surface area contributed by atoms with Crippen molar-refractivity contribution in [3.05, 3.63) is 40.9 Å². The molecule has 2 N–H and O–H groups in total. The lowest BCUT2D eigenvalue weighted by molar-refractivity contribution is 0.426. The summed E-state index contributed by atoms with van der Waals surface area (Å²) in [6.07, 6.45) is 2.74. The monoisotopic (exact) mass is 283 g/mol. The highest BCUT2D eigenvalue weighted by Crippen LogP contribution is 2.25. The third-order valence-electron chi connectivity index (χ3n) is 1.74. The summed E-state index contributed by atoms with van der Waals surface area (Å²) in [6, 6.07) is 4.46. The number of benzene rings is 1. The Kier molecular flexibility index (Phi) is 3.00. The molecule has 82 valence electrons. The van der Waals surface area contributed by atoms with Crippen LogP contribution >= 0.6 is 15.9 Å². The van der Waals surface area contributed by atoms with E-state index in [-0.39, 0.29) is 17.4 Å². The van der Waals surface area contributed by atoms with Gasteiger partial charge in [0.15, 0.2) is 11.6 Å². The molecule has 0 fully saturated rings. The van der Waals surface area contributed by atoms with E-state index < -0.39 is 5.82 Å². The molecule has 16 heavy (non-hydrogen) atoms. The Morgan fingerprint density at radius 2 is 2.12 bits per heavy atom. The van der Waals surface area contributed by atoms with E-state index >= 15 is 0 Å². The number of ether oxygens (including phenoxy) is 1. The van der Waals surface area contributed by atoms with Crippen molar-refractivity contribution >= 4 is 21.7 Å². The number of halogens is 2. The van der Waals surface area contributed by atoms with Crippen molar-refractivity contribution in [2.75, 3.05) is 5.73 Å². The van der Waals surface area contributed by atoms with Crippen molar-refractivity contribution in [1.29, 1.82) is 0 Å². The molecular weight excluding hydrogens is 277 g/mol. The minimum absolute atomic E-state index is 0.0723. The molecule has 0 saturated heterocycles. The van der Waals surface area contributed by atoms with Crippen LogP contribution in [0.5, 0.6) is 11.6 Å². The Bertz CT molecular complexity index is 521. The van der Waals surface area contributed by atoms with Crippen molar-refractivity contribution in [3.63, 3.8) is 0 Å². The van der Waals surface area contributed by atoms with Crippen LogP contribution in [0.3, 0.4) is 0 Å². The van der Waals surface area contributed by atoms with Crippen molar-refractivity contribution in [3.8, 4) is 11.6 Å². The number of rotatable bonds is 2. The van der Waals surface area contributed by atoms with Gasteiger partial charge in [0.25, 0.3) is 0 Å². The second kappa shape index (κ2) is 4.44. The van der Waals surface area contributed by atoms with Gasteiger partial charge in [0.05, 0.1) is 12.4 Å². The zero-order valence-corrected chi connectivity index (χ0v) is 9.61. The molecule has 2 rings (SSSR count). The van der Waals surface area contributed by atoms with Crippen LogP contribution in [0.2, 0.25) is 0 Å². The van der Waals surface area contributed by atoms with E-state index in [1.807, 2.05) is 0 Å². The number of aromatic nitrogens is 2. The minimum Gasteiger partial charge on any atom is -0.434 e. The third-order valence-corrected chi connectivity index (χ3v) is 2.23. The lowest BCUT2D eigenvalue weighted by Crippen LogP contribution is -1.95. The average molecular weight is 284 g/mol. The summed E-state index contributed by atoms with van der Waals surface area (Å²) in [6.45, 7) is 0. The maximum Gasteiger partial charge on any atom is 0.239 e. The topological polar surface area (TPSA) is 61.0 Å². The van der Waals surface area contributed by atoms with Crippen molar-refractivity contribution < 1.29 is 9.13 Å². The highest BCUT2D eigenvalue weighted by molar-refractivity contribution is 9.10. The van der Waals surface area contributed by atoms with Crippen LogP contribution in [-0.4, -0.2) is 9.97 Å². The molecule has 0 aliphatic heterocycles. The van der Waals surface area contributed by atoms with E-state index in [1.54, 1.807) is 6.07 Å². The zero-order valence-electron chi connectivity index (χ0n) is 8.02. The van der Waals surface area contributed by atoms with Gasteiger partial charge in [-0.1, -0.05) is 15.9 Å². The minimum atomic E-state index is -0.487. The van der Waals surface area contributed by atoms with Gasteiger partial charge in [-0.3, -0.25) is 4.98 Å². The Labute approximate surface area is 99.4 Å². The van der Waals surface area contributed by atoms with Crippen LogP contribution in [0.1, 0.15) is 0 Å². The SMILES string of the molecule is Nc1cncc(Oc2ccc(Br)cc2F)n1. The number of hydrogen-bond donors (Lipinski definition) is 1. The summed E-state index contributed by atoms with van der Waals surface area (Å²) >= 11 is 3.15. The number of nitrogen functional groups attached to an aromatic ring is 1. The van der Waals surface area contributed by atoms with Crippen molar-refractivity contribution in [2.45, 2.75) is 0 Å². The molecule has 0 bridgehead atoms. The quantitative estimate of drug-likeness (QED) is 0.921. The number of nitrogens with two attached hydrogens (primary N) is 1. The molecule has 1 aromatic carbocycles. The van der Waals surface area contributed by atoms with Gasteiger partial charge in [-0.25, -0.2) is 4.39 Å². The molecule has 4 nitrogen and oxygen atoms in total. The van der Waals surface area contributed by atoms with E-state index in [1.165, 1.54) is 24.5 Å². The van der Waals surface area contributed by atoms with E-state index in [9.17, 15) is 4.39 Å². The van der Waals surface area contributed by atoms with Crippen LogP contribution in [0.15, 0.2) is 35.1 Å². The second-order valence-electron chi connectivity index (χ2n) is 2.96. The van der Waals surface area contributed by atoms with Crippen molar-refractivity contribution in [2.24, 2.45) is 0 Å². The summed E-state index contributed by atoms with van der Waals surface area (Å²) in [5.41, 5.74) is 5.42. The molecule has 6 heteroatoms. The van der Waals surface area contributed by atoms with Gasteiger partial charge in [0.1, 0.15) is 5.82 Å². The number of nitrogens with zero attached hydrogens (tertiary/aromatic N) is 2. The molecule has 0 aliphatic rings. The first-order chi connectivity index (χ1) is 7.65. The van der Waals surface area contributed by atoms with Gasteiger partial charge in [-0.15, -0.1) is 0 Å².